The molecule has 1 amide bonds. The summed E-state index contributed by atoms with van der Waals surface area (Å²) in [6.45, 7) is 2.53. The molecule has 2 rings (SSSR count). The van der Waals surface area contributed by atoms with Crippen LogP contribution < -0.4 is 5.73 Å². The van der Waals surface area contributed by atoms with Gasteiger partial charge in [0.05, 0.1) is 5.69 Å². The number of rotatable bonds is 5. The number of hydrogen-bond donors (Lipinski definition) is 2. The van der Waals surface area contributed by atoms with Crippen molar-refractivity contribution in [2.75, 3.05) is 18.9 Å². The van der Waals surface area contributed by atoms with Crippen LogP contribution in [0.2, 0.25) is 0 Å². The van der Waals surface area contributed by atoms with Gasteiger partial charge in [0, 0.05) is 19.2 Å². The Hall–Kier alpha value is -1.14. The first kappa shape index (κ1) is 13.3. The largest absolute Gasteiger partial charge is 0.396 e. The van der Waals surface area contributed by atoms with E-state index in [1.165, 1.54) is 17.8 Å². The van der Waals surface area contributed by atoms with Gasteiger partial charge >= 0.3 is 0 Å². The third kappa shape index (κ3) is 2.64. The Balaban J connectivity index is 2.13. The fourth-order valence-electron chi connectivity index (χ4n) is 2.14. The van der Waals surface area contributed by atoms with Crippen LogP contribution in [0.15, 0.2) is 0 Å². The molecule has 1 aromatic heterocycles. The van der Waals surface area contributed by atoms with Crippen molar-refractivity contribution in [3.8, 4) is 0 Å². The highest BCUT2D eigenvalue weighted by atomic mass is 32.1. The number of hydrogen-bond acceptors (Lipinski definition) is 5. The average molecular weight is 269 g/mol. The van der Waals surface area contributed by atoms with Gasteiger partial charge in [-0.25, -0.2) is 4.98 Å². The summed E-state index contributed by atoms with van der Waals surface area (Å²) in [5, 5.41) is 9.37. The number of thiazole rings is 1. The molecule has 1 aliphatic rings. The third-order valence-corrected chi connectivity index (χ3v) is 4.32. The molecule has 0 atom stereocenters. The van der Waals surface area contributed by atoms with E-state index in [0.717, 1.165) is 12.8 Å². The maximum absolute atomic E-state index is 12.5. The maximum atomic E-state index is 12.5. The molecule has 0 unspecified atom stereocenters. The molecule has 0 aliphatic heterocycles. The average Bonchev–Trinajstić information content (AvgIpc) is 2.60. The van der Waals surface area contributed by atoms with E-state index in [1.54, 1.807) is 0 Å². The van der Waals surface area contributed by atoms with Crippen molar-refractivity contribution in [1.29, 1.82) is 0 Å². The van der Waals surface area contributed by atoms with Crippen LogP contribution in [0.5, 0.6) is 0 Å². The van der Waals surface area contributed by atoms with E-state index >= 15 is 0 Å². The molecule has 1 heterocycles. The zero-order chi connectivity index (χ0) is 13.1. The van der Waals surface area contributed by atoms with Gasteiger partial charge in [-0.2, -0.15) is 0 Å². The molecule has 100 valence electrons. The van der Waals surface area contributed by atoms with Crippen molar-refractivity contribution < 1.29 is 9.90 Å². The van der Waals surface area contributed by atoms with Gasteiger partial charge in [-0.3, -0.25) is 4.79 Å². The minimum Gasteiger partial charge on any atom is -0.396 e. The van der Waals surface area contributed by atoms with E-state index < -0.39 is 0 Å². The number of anilines is 1. The summed E-state index contributed by atoms with van der Waals surface area (Å²) in [5.74, 6) is 0.0138. The first-order valence-corrected chi connectivity index (χ1v) is 7.10. The van der Waals surface area contributed by atoms with Crippen LogP contribution in [-0.4, -0.2) is 40.1 Å². The quantitative estimate of drug-likeness (QED) is 0.847. The van der Waals surface area contributed by atoms with E-state index in [1.807, 2.05) is 11.8 Å². The first-order valence-electron chi connectivity index (χ1n) is 6.28. The van der Waals surface area contributed by atoms with Crippen LogP contribution in [0.1, 0.15) is 41.0 Å². The van der Waals surface area contributed by atoms with Crippen molar-refractivity contribution in [1.82, 2.24) is 9.88 Å². The Labute approximate surface area is 111 Å². The van der Waals surface area contributed by atoms with Crippen molar-refractivity contribution in [3.63, 3.8) is 0 Å². The number of carbonyl (C=O) groups is 1. The van der Waals surface area contributed by atoms with Gasteiger partial charge < -0.3 is 15.7 Å². The summed E-state index contributed by atoms with van der Waals surface area (Å²) < 4.78 is 0. The predicted molar refractivity (Wildman–Crippen MR) is 71.6 cm³/mol. The summed E-state index contributed by atoms with van der Waals surface area (Å²) in [5.41, 5.74) is 6.34. The Morgan fingerprint density at radius 2 is 2.33 bits per heavy atom. The van der Waals surface area contributed by atoms with Crippen LogP contribution in [0.3, 0.4) is 0 Å². The molecule has 3 N–H and O–H groups in total. The molecule has 1 fully saturated rings. The second-order valence-electron chi connectivity index (χ2n) is 4.63. The Morgan fingerprint density at radius 3 is 2.78 bits per heavy atom. The summed E-state index contributed by atoms with van der Waals surface area (Å²) in [7, 11) is 0. The summed E-state index contributed by atoms with van der Waals surface area (Å²) in [4.78, 5) is 19.1. The normalized spacial score (nSPS) is 15.4. The lowest BCUT2D eigenvalue weighted by atomic mass is 9.91. The molecular formula is C12H19N3O2S. The standard InChI is InChI=1S/C12H19N3O2S/c1-8-10(18-12(13)14-8)11(17)15(6-3-7-16)9-4-2-5-9/h9,16H,2-7H2,1H3,(H2,13,14). The van der Waals surface area contributed by atoms with Gasteiger partial charge in [-0.1, -0.05) is 11.3 Å². The lowest BCUT2D eigenvalue weighted by molar-refractivity contribution is 0.0566. The van der Waals surface area contributed by atoms with Gasteiger partial charge in [0.15, 0.2) is 5.13 Å². The lowest BCUT2D eigenvalue weighted by Gasteiger charge is -2.37. The number of aliphatic hydroxyl groups is 1. The topological polar surface area (TPSA) is 79.5 Å². The van der Waals surface area contributed by atoms with Gasteiger partial charge in [-0.05, 0) is 32.6 Å². The molecule has 1 saturated carbocycles. The molecule has 0 bridgehead atoms. The van der Waals surface area contributed by atoms with Gasteiger partial charge in [0.1, 0.15) is 4.88 Å². The zero-order valence-corrected chi connectivity index (χ0v) is 11.4. The number of aliphatic hydroxyl groups excluding tert-OH is 1. The van der Waals surface area contributed by atoms with Crippen LogP contribution >= 0.6 is 11.3 Å². The van der Waals surface area contributed by atoms with Crippen LogP contribution in [0, 0.1) is 6.92 Å². The van der Waals surface area contributed by atoms with E-state index in [-0.39, 0.29) is 12.5 Å². The number of aromatic nitrogens is 1. The molecular weight excluding hydrogens is 250 g/mol. The predicted octanol–water partition coefficient (Wildman–Crippen LogP) is 1.41. The minimum atomic E-state index is 0.0138. The van der Waals surface area contributed by atoms with Crippen molar-refractivity contribution in [2.24, 2.45) is 0 Å². The molecule has 0 spiro atoms. The van der Waals surface area contributed by atoms with Crippen molar-refractivity contribution in [2.45, 2.75) is 38.6 Å². The fourth-order valence-corrected chi connectivity index (χ4v) is 2.93. The smallest absolute Gasteiger partial charge is 0.266 e. The first-order chi connectivity index (χ1) is 8.63. The fraction of sp³-hybridized carbons (Fsp3) is 0.667. The summed E-state index contributed by atoms with van der Waals surface area (Å²) in [6, 6.07) is 0.326. The Bertz CT molecular complexity index is 429. The van der Waals surface area contributed by atoms with Crippen LogP contribution in [-0.2, 0) is 0 Å². The van der Waals surface area contributed by atoms with Gasteiger partial charge in [-0.15, -0.1) is 0 Å². The highest BCUT2D eigenvalue weighted by molar-refractivity contribution is 7.17. The van der Waals surface area contributed by atoms with E-state index in [9.17, 15) is 4.79 Å². The number of amides is 1. The lowest BCUT2D eigenvalue weighted by Crippen LogP contribution is -2.44. The number of nitrogens with two attached hydrogens (primary N) is 1. The summed E-state index contributed by atoms with van der Waals surface area (Å²) >= 11 is 1.25. The minimum absolute atomic E-state index is 0.0138. The monoisotopic (exact) mass is 269 g/mol. The van der Waals surface area contributed by atoms with Crippen LogP contribution in [0.4, 0.5) is 5.13 Å². The SMILES string of the molecule is Cc1nc(N)sc1C(=O)N(CCCO)C1CCC1. The molecule has 6 heteroatoms. The second-order valence-corrected chi connectivity index (χ2v) is 5.66. The maximum Gasteiger partial charge on any atom is 0.266 e. The highest BCUT2D eigenvalue weighted by Gasteiger charge is 2.30. The number of aryl methyl sites for hydroxylation is 1. The highest BCUT2D eigenvalue weighted by Crippen LogP contribution is 2.29. The van der Waals surface area contributed by atoms with E-state index in [2.05, 4.69) is 4.98 Å². The molecule has 0 aromatic carbocycles. The van der Waals surface area contributed by atoms with Crippen molar-refractivity contribution >= 4 is 22.4 Å². The Morgan fingerprint density at radius 1 is 1.61 bits per heavy atom. The molecule has 0 saturated heterocycles. The van der Waals surface area contributed by atoms with Gasteiger partial charge in [0.2, 0.25) is 0 Å². The summed E-state index contributed by atoms with van der Waals surface area (Å²) in [6.07, 6.45) is 3.92. The van der Waals surface area contributed by atoms with Crippen molar-refractivity contribution in [3.05, 3.63) is 10.6 Å². The number of nitrogens with zero attached hydrogens (tertiary/aromatic N) is 2. The number of carbonyl (C=O) groups excluding carboxylic acids is 1. The number of nitrogen functional groups attached to an aromatic ring is 1. The molecule has 1 aromatic rings. The molecule has 18 heavy (non-hydrogen) atoms. The molecule has 0 radical (unpaired) electrons. The zero-order valence-electron chi connectivity index (χ0n) is 10.6. The van der Waals surface area contributed by atoms with Crippen LogP contribution in [0.25, 0.3) is 0 Å². The molecule has 5 nitrogen and oxygen atoms in total. The Kier molecular flexibility index (Phi) is 4.19. The second kappa shape index (κ2) is 5.67. The third-order valence-electron chi connectivity index (χ3n) is 3.34. The van der Waals surface area contributed by atoms with Gasteiger partial charge in [0.25, 0.3) is 5.91 Å². The van der Waals surface area contributed by atoms with E-state index in [4.69, 9.17) is 10.8 Å². The van der Waals surface area contributed by atoms with E-state index in [0.29, 0.717) is 34.7 Å². The molecule has 1 aliphatic carbocycles.